The molecular formula is C10H14FNO2. The van der Waals surface area contributed by atoms with Crippen molar-refractivity contribution in [2.24, 2.45) is 5.73 Å². The number of aliphatic hydroxyl groups is 1. The van der Waals surface area contributed by atoms with Gasteiger partial charge in [0.2, 0.25) is 0 Å². The molecule has 0 saturated carbocycles. The Morgan fingerprint density at radius 1 is 1.57 bits per heavy atom. The molecule has 3 N–H and O–H groups in total. The molecule has 0 spiro atoms. The van der Waals surface area contributed by atoms with Crippen LogP contribution in [0.4, 0.5) is 4.39 Å². The lowest BCUT2D eigenvalue weighted by molar-refractivity contribution is 0.184. The molecule has 78 valence electrons. The summed E-state index contributed by atoms with van der Waals surface area (Å²) >= 11 is 0. The summed E-state index contributed by atoms with van der Waals surface area (Å²) in [7, 11) is 1.47. The van der Waals surface area contributed by atoms with Gasteiger partial charge in [0.15, 0.2) is 0 Å². The van der Waals surface area contributed by atoms with Gasteiger partial charge in [-0.05, 0) is 11.6 Å². The van der Waals surface area contributed by atoms with Crippen LogP contribution >= 0.6 is 0 Å². The zero-order chi connectivity index (χ0) is 10.6. The molecule has 0 heterocycles. The Hall–Kier alpha value is -1.13. The van der Waals surface area contributed by atoms with E-state index in [0.717, 1.165) is 0 Å². The van der Waals surface area contributed by atoms with Crippen molar-refractivity contribution in [1.29, 1.82) is 0 Å². The summed E-state index contributed by atoms with van der Waals surface area (Å²) in [6, 6.07) is 5.00. The smallest absolute Gasteiger partial charge is 0.125 e. The molecule has 1 aromatic carbocycles. The number of alkyl halides is 1. The highest BCUT2D eigenvalue weighted by molar-refractivity contribution is 5.41. The van der Waals surface area contributed by atoms with Gasteiger partial charge in [-0.2, -0.15) is 0 Å². The Morgan fingerprint density at radius 3 is 2.79 bits per heavy atom. The van der Waals surface area contributed by atoms with E-state index in [9.17, 15) is 9.50 Å². The van der Waals surface area contributed by atoms with Crippen LogP contribution < -0.4 is 10.5 Å². The Morgan fingerprint density at radius 2 is 2.29 bits per heavy atom. The molecule has 0 fully saturated rings. The molecule has 0 aromatic heterocycles. The number of rotatable bonds is 4. The molecule has 0 aliphatic rings. The number of aliphatic hydroxyl groups excluding tert-OH is 1. The number of nitrogens with two attached hydrogens (primary N) is 1. The summed E-state index contributed by atoms with van der Waals surface area (Å²) in [5.41, 5.74) is 6.17. The molecule has 0 aliphatic carbocycles. The highest BCUT2D eigenvalue weighted by atomic mass is 19.1. The maximum absolute atomic E-state index is 12.7. The summed E-state index contributed by atoms with van der Waals surface area (Å²) in [6.07, 6.45) is -0.837. The third kappa shape index (κ3) is 2.02. The van der Waals surface area contributed by atoms with Crippen LogP contribution in [-0.2, 0) is 6.67 Å². The normalized spacial score (nSPS) is 12.6. The van der Waals surface area contributed by atoms with E-state index in [4.69, 9.17) is 10.5 Å². The molecule has 4 heteroatoms. The van der Waals surface area contributed by atoms with E-state index in [2.05, 4.69) is 0 Å². The van der Waals surface area contributed by atoms with Gasteiger partial charge >= 0.3 is 0 Å². The first-order valence-electron chi connectivity index (χ1n) is 4.34. The van der Waals surface area contributed by atoms with Gasteiger partial charge in [0.1, 0.15) is 12.4 Å². The van der Waals surface area contributed by atoms with Gasteiger partial charge in [-0.15, -0.1) is 0 Å². The van der Waals surface area contributed by atoms with E-state index in [1.54, 1.807) is 18.2 Å². The van der Waals surface area contributed by atoms with E-state index in [0.29, 0.717) is 16.9 Å². The maximum Gasteiger partial charge on any atom is 0.125 e. The third-order valence-electron chi connectivity index (χ3n) is 2.11. The highest BCUT2D eigenvalue weighted by Gasteiger charge is 2.14. The Labute approximate surface area is 82.3 Å². The fourth-order valence-corrected chi connectivity index (χ4v) is 1.36. The van der Waals surface area contributed by atoms with Gasteiger partial charge in [-0.25, -0.2) is 4.39 Å². The van der Waals surface area contributed by atoms with Gasteiger partial charge in [0, 0.05) is 12.1 Å². The summed E-state index contributed by atoms with van der Waals surface area (Å²) < 4.78 is 17.7. The fraction of sp³-hybridized carbons (Fsp3) is 0.400. The second-order valence-corrected chi connectivity index (χ2v) is 2.91. The van der Waals surface area contributed by atoms with Crippen LogP contribution in [0.1, 0.15) is 17.2 Å². The summed E-state index contributed by atoms with van der Waals surface area (Å²) in [5, 5.41) is 9.51. The predicted molar refractivity (Wildman–Crippen MR) is 51.8 cm³/mol. The lowest BCUT2D eigenvalue weighted by Gasteiger charge is -2.14. The van der Waals surface area contributed by atoms with Crippen molar-refractivity contribution >= 4 is 0 Å². The average Bonchev–Trinajstić information content (AvgIpc) is 2.26. The monoisotopic (exact) mass is 199 g/mol. The molecule has 0 aliphatic heterocycles. The van der Waals surface area contributed by atoms with E-state index >= 15 is 0 Å². The summed E-state index contributed by atoms with van der Waals surface area (Å²) in [5.74, 6) is 0.442. The van der Waals surface area contributed by atoms with Gasteiger partial charge in [0.25, 0.3) is 0 Å². The lowest BCUT2D eigenvalue weighted by Crippen LogP contribution is -2.13. The van der Waals surface area contributed by atoms with Gasteiger partial charge in [-0.1, -0.05) is 12.1 Å². The zero-order valence-electron chi connectivity index (χ0n) is 8.03. The number of halogens is 1. The predicted octanol–water partition coefficient (Wildman–Crippen LogP) is 1.16. The quantitative estimate of drug-likeness (QED) is 0.765. The first-order valence-corrected chi connectivity index (χ1v) is 4.34. The number of ether oxygens (including phenoxy) is 1. The molecule has 1 atom stereocenters. The number of hydrogen-bond donors (Lipinski definition) is 2. The van der Waals surface area contributed by atoms with E-state index in [-0.39, 0.29) is 6.54 Å². The molecular weight excluding hydrogens is 185 g/mol. The largest absolute Gasteiger partial charge is 0.496 e. The minimum atomic E-state index is -0.837. The molecule has 1 rings (SSSR count). The van der Waals surface area contributed by atoms with Crippen molar-refractivity contribution in [3.05, 3.63) is 29.3 Å². The number of benzene rings is 1. The summed E-state index contributed by atoms with van der Waals surface area (Å²) in [6.45, 7) is -0.601. The van der Waals surface area contributed by atoms with Crippen LogP contribution in [0.3, 0.4) is 0 Å². The van der Waals surface area contributed by atoms with E-state index in [1.165, 1.54) is 7.11 Å². The molecule has 0 bridgehead atoms. The van der Waals surface area contributed by atoms with Crippen LogP contribution in [0.15, 0.2) is 18.2 Å². The summed E-state index contributed by atoms with van der Waals surface area (Å²) in [4.78, 5) is 0. The van der Waals surface area contributed by atoms with Gasteiger partial charge < -0.3 is 15.6 Å². The molecule has 0 saturated heterocycles. The Kier molecular flexibility index (Phi) is 3.85. The van der Waals surface area contributed by atoms with Crippen LogP contribution in [0.5, 0.6) is 5.75 Å². The van der Waals surface area contributed by atoms with Crippen molar-refractivity contribution in [1.82, 2.24) is 0 Å². The van der Waals surface area contributed by atoms with Crippen molar-refractivity contribution < 1.29 is 14.2 Å². The molecule has 0 radical (unpaired) electrons. The number of hydrogen-bond acceptors (Lipinski definition) is 3. The molecule has 14 heavy (non-hydrogen) atoms. The first-order chi connectivity index (χ1) is 6.74. The SMILES string of the molecule is COc1cccc(C(O)CN)c1CF. The maximum atomic E-state index is 12.7. The molecule has 1 unspecified atom stereocenters. The standard InChI is InChI=1S/C10H14FNO2/c1-14-10-4-2-3-7(8(10)5-11)9(13)6-12/h2-4,9,13H,5-6,12H2,1H3. The number of methoxy groups -OCH3 is 1. The Bertz CT molecular complexity index is 304. The van der Waals surface area contributed by atoms with Crippen LogP contribution in [0.2, 0.25) is 0 Å². The van der Waals surface area contributed by atoms with Crippen molar-refractivity contribution in [2.75, 3.05) is 13.7 Å². The highest BCUT2D eigenvalue weighted by Crippen LogP contribution is 2.27. The third-order valence-corrected chi connectivity index (χ3v) is 2.11. The van der Waals surface area contributed by atoms with E-state index in [1.807, 2.05) is 0 Å². The van der Waals surface area contributed by atoms with Gasteiger partial charge in [-0.3, -0.25) is 0 Å². The van der Waals surface area contributed by atoms with Crippen molar-refractivity contribution in [2.45, 2.75) is 12.8 Å². The van der Waals surface area contributed by atoms with Gasteiger partial charge in [0.05, 0.1) is 13.2 Å². The zero-order valence-corrected chi connectivity index (χ0v) is 8.03. The molecule has 1 aromatic rings. The van der Waals surface area contributed by atoms with E-state index < -0.39 is 12.8 Å². The Balaban J connectivity index is 3.14. The van der Waals surface area contributed by atoms with Crippen molar-refractivity contribution in [3.63, 3.8) is 0 Å². The topological polar surface area (TPSA) is 55.5 Å². The average molecular weight is 199 g/mol. The van der Waals surface area contributed by atoms with Crippen LogP contribution in [0.25, 0.3) is 0 Å². The lowest BCUT2D eigenvalue weighted by atomic mass is 10.0. The second-order valence-electron chi connectivity index (χ2n) is 2.91. The first kappa shape index (κ1) is 10.9. The second kappa shape index (κ2) is 4.93. The minimum Gasteiger partial charge on any atom is -0.496 e. The van der Waals surface area contributed by atoms with Crippen molar-refractivity contribution in [3.8, 4) is 5.75 Å². The minimum absolute atomic E-state index is 0.0696. The van der Waals surface area contributed by atoms with Crippen LogP contribution in [-0.4, -0.2) is 18.8 Å². The van der Waals surface area contributed by atoms with Crippen LogP contribution in [0, 0.1) is 0 Å². The molecule has 0 amide bonds. The fourth-order valence-electron chi connectivity index (χ4n) is 1.36. The molecule has 3 nitrogen and oxygen atoms in total.